The summed E-state index contributed by atoms with van der Waals surface area (Å²) in [5, 5.41) is 9.66. The number of nitrogens with zero attached hydrogens (tertiary/aromatic N) is 2. The van der Waals surface area contributed by atoms with Gasteiger partial charge in [-0.1, -0.05) is 0 Å². The van der Waals surface area contributed by atoms with E-state index in [1.54, 1.807) is 0 Å². The van der Waals surface area contributed by atoms with Crippen molar-refractivity contribution in [3.8, 4) is 0 Å². The van der Waals surface area contributed by atoms with E-state index in [4.69, 9.17) is 10.5 Å². The van der Waals surface area contributed by atoms with Crippen molar-refractivity contribution >= 4 is 5.82 Å². The lowest BCUT2D eigenvalue weighted by atomic mass is 10.2. The molecule has 0 unspecified atom stereocenters. The zero-order chi connectivity index (χ0) is 11.0. The van der Waals surface area contributed by atoms with Gasteiger partial charge in [0.25, 0.3) is 0 Å². The van der Waals surface area contributed by atoms with Gasteiger partial charge in [0.1, 0.15) is 11.9 Å². The van der Waals surface area contributed by atoms with Crippen LogP contribution in [0.1, 0.15) is 19.6 Å². The van der Waals surface area contributed by atoms with Crippen molar-refractivity contribution < 1.29 is 9.84 Å². The molecule has 6 nitrogen and oxygen atoms in total. The number of aromatic nitrogens is 2. The summed E-state index contributed by atoms with van der Waals surface area (Å²) in [7, 11) is 0. The predicted molar refractivity (Wildman–Crippen MR) is 53.1 cm³/mol. The quantitative estimate of drug-likeness (QED) is 0.653. The lowest BCUT2D eigenvalue weighted by Crippen LogP contribution is -2.31. The Morgan fingerprint density at radius 3 is 3.00 bits per heavy atom. The third kappa shape index (κ3) is 1.86. The van der Waals surface area contributed by atoms with E-state index in [9.17, 15) is 9.90 Å². The molecular formula is C9H13N3O3. The van der Waals surface area contributed by atoms with Crippen LogP contribution in [0.4, 0.5) is 5.82 Å². The normalized spacial score (nSPS) is 30.7. The molecule has 3 atom stereocenters. The van der Waals surface area contributed by atoms with Gasteiger partial charge in [-0.05, 0) is 13.0 Å². The van der Waals surface area contributed by atoms with E-state index >= 15 is 0 Å². The van der Waals surface area contributed by atoms with E-state index in [1.807, 2.05) is 6.92 Å². The number of nitrogens with two attached hydrogens (primary N) is 1. The summed E-state index contributed by atoms with van der Waals surface area (Å²) < 4.78 is 6.67. The topological polar surface area (TPSA) is 90.4 Å². The number of aliphatic hydroxyl groups is 1. The Morgan fingerprint density at radius 1 is 1.73 bits per heavy atom. The molecule has 0 spiro atoms. The third-order valence-electron chi connectivity index (χ3n) is 2.40. The summed E-state index contributed by atoms with van der Waals surface area (Å²) in [6, 6.07) is 1.50. The van der Waals surface area contributed by atoms with Gasteiger partial charge in [-0.3, -0.25) is 4.57 Å². The standard InChI is InChI=1S/C9H13N3O3/c1-5-4-6(13)8(15-5)12-3-2-7(10)11-9(12)14/h2-3,5-6,8,13H,4H2,1H3,(H2,10,11,14)/t5-,6-,8-/m1/s1. The average Bonchev–Trinajstić information content (AvgIpc) is 2.45. The van der Waals surface area contributed by atoms with Crippen LogP contribution in [-0.4, -0.2) is 26.9 Å². The molecule has 0 amide bonds. The Kier molecular flexibility index (Phi) is 2.45. The summed E-state index contributed by atoms with van der Waals surface area (Å²) in [5.41, 5.74) is 4.85. The van der Waals surface area contributed by atoms with E-state index in [0.29, 0.717) is 6.42 Å². The van der Waals surface area contributed by atoms with Crippen LogP contribution in [0.25, 0.3) is 0 Å². The van der Waals surface area contributed by atoms with Crippen molar-refractivity contribution in [1.82, 2.24) is 9.55 Å². The van der Waals surface area contributed by atoms with Gasteiger partial charge >= 0.3 is 5.69 Å². The molecule has 0 saturated carbocycles. The van der Waals surface area contributed by atoms with Gasteiger partial charge in [0.05, 0.1) is 6.10 Å². The molecular weight excluding hydrogens is 198 g/mol. The van der Waals surface area contributed by atoms with Crippen LogP contribution in [0, 0.1) is 0 Å². The predicted octanol–water partition coefficient (Wildman–Crippen LogP) is -0.506. The fourth-order valence-corrected chi connectivity index (χ4v) is 1.71. The van der Waals surface area contributed by atoms with E-state index in [1.165, 1.54) is 16.8 Å². The summed E-state index contributed by atoms with van der Waals surface area (Å²) >= 11 is 0. The molecule has 0 aromatic carbocycles. The Labute approximate surface area is 86.3 Å². The van der Waals surface area contributed by atoms with Crippen molar-refractivity contribution in [3.63, 3.8) is 0 Å². The lowest BCUT2D eigenvalue weighted by molar-refractivity contribution is -0.0347. The Hall–Kier alpha value is -1.40. The van der Waals surface area contributed by atoms with Gasteiger partial charge in [0.2, 0.25) is 0 Å². The van der Waals surface area contributed by atoms with E-state index in [0.717, 1.165) is 0 Å². The first kappa shape index (κ1) is 10.1. The highest BCUT2D eigenvalue weighted by atomic mass is 16.5. The Balaban J connectivity index is 2.34. The number of rotatable bonds is 1. The zero-order valence-electron chi connectivity index (χ0n) is 8.33. The molecule has 6 heteroatoms. The second-order valence-electron chi connectivity index (χ2n) is 3.68. The first-order chi connectivity index (χ1) is 7.08. The van der Waals surface area contributed by atoms with Crippen LogP contribution in [0.3, 0.4) is 0 Å². The molecule has 3 N–H and O–H groups in total. The molecule has 1 saturated heterocycles. The van der Waals surface area contributed by atoms with Crippen LogP contribution in [0.5, 0.6) is 0 Å². The number of ether oxygens (including phenoxy) is 1. The van der Waals surface area contributed by atoms with Crippen molar-refractivity contribution in [2.45, 2.75) is 31.8 Å². The van der Waals surface area contributed by atoms with Gasteiger partial charge in [-0.25, -0.2) is 4.79 Å². The van der Waals surface area contributed by atoms with Crippen LogP contribution < -0.4 is 11.4 Å². The largest absolute Gasteiger partial charge is 0.388 e. The monoisotopic (exact) mass is 211 g/mol. The van der Waals surface area contributed by atoms with Crippen molar-refractivity contribution in [1.29, 1.82) is 0 Å². The smallest absolute Gasteiger partial charge is 0.351 e. The molecule has 1 aromatic heterocycles. The van der Waals surface area contributed by atoms with E-state index in [2.05, 4.69) is 4.98 Å². The minimum absolute atomic E-state index is 0.0607. The average molecular weight is 211 g/mol. The molecule has 1 aliphatic rings. The second-order valence-corrected chi connectivity index (χ2v) is 3.68. The van der Waals surface area contributed by atoms with Gasteiger partial charge < -0.3 is 15.6 Å². The molecule has 2 rings (SSSR count). The van der Waals surface area contributed by atoms with Crippen LogP contribution in [0.15, 0.2) is 17.1 Å². The van der Waals surface area contributed by atoms with Crippen molar-refractivity contribution in [2.75, 3.05) is 5.73 Å². The maximum atomic E-state index is 11.5. The highest BCUT2D eigenvalue weighted by Gasteiger charge is 2.33. The maximum Gasteiger partial charge on any atom is 0.351 e. The van der Waals surface area contributed by atoms with Gasteiger partial charge in [-0.2, -0.15) is 4.98 Å². The fourth-order valence-electron chi connectivity index (χ4n) is 1.71. The highest BCUT2D eigenvalue weighted by molar-refractivity contribution is 5.23. The number of hydrogen-bond acceptors (Lipinski definition) is 5. The van der Waals surface area contributed by atoms with Crippen LogP contribution >= 0.6 is 0 Å². The first-order valence-electron chi connectivity index (χ1n) is 4.76. The molecule has 1 aromatic rings. The summed E-state index contributed by atoms with van der Waals surface area (Å²) in [6.07, 6.45) is 0.608. The molecule has 0 radical (unpaired) electrons. The third-order valence-corrected chi connectivity index (χ3v) is 2.40. The van der Waals surface area contributed by atoms with Crippen molar-refractivity contribution in [3.05, 3.63) is 22.7 Å². The number of aliphatic hydroxyl groups excluding tert-OH is 1. The van der Waals surface area contributed by atoms with Crippen molar-refractivity contribution in [2.24, 2.45) is 0 Å². The minimum atomic E-state index is -0.678. The van der Waals surface area contributed by atoms with Crippen LogP contribution in [-0.2, 0) is 4.74 Å². The molecule has 82 valence electrons. The number of nitrogen functional groups attached to an aromatic ring is 1. The van der Waals surface area contributed by atoms with Crippen LogP contribution in [0.2, 0.25) is 0 Å². The maximum absolute atomic E-state index is 11.5. The van der Waals surface area contributed by atoms with E-state index < -0.39 is 18.0 Å². The molecule has 15 heavy (non-hydrogen) atoms. The number of anilines is 1. The molecule has 0 bridgehead atoms. The number of hydrogen-bond donors (Lipinski definition) is 2. The summed E-state index contributed by atoms with van der Waals surface area (Å²) in [4.78, 5) is 15.0. The molecule has 1 fully saturated rings. The SMILES string of the molecule is C[C@@H]1C[C@@H](O)[C@H](n2ccc(N)nc2=O)O1. The Morgan fingerprint density at radius 2 is 2.47 bits per heavy atom. The lowest BCUT2D eigenvalue weighted by Gasteiger charge is -2.16. The summed E-state index contributed by atoms with van der Waals surface area (Å²) in [5.74, 6) is 0.164. The zero-order valence-corrected chi connectivity index (χ0v) is 8.33. The second kappa shape index (κ2) is 3.63. The van der Waals surface area contributed by atoms with Gasteiger partial charge in [0.15, 0.2) is 6.23 Å². The molecule has 0 aliphatic carbocycles. The fraction of sp³-hybridized carbons (Fsp3) is 0.556. The molecule has 1 aliphatic heterocycles. The van der Waals surface area contributed by atoms with Gasteiger partial charge in [-0.15, -0.1) is 0 Å². The highest BCUT2D eigenvalue weighted by Crippen LogP contribution is 2.27. The van der Waals surface area contributed by atoms with Gasteiger partial charge in [0, 0.05) is 12.6 Å². The first-order valence-corrected chi connectivity index (χ1v) is 4.76. The molecule has 2 heterocycles. The summed E-state index contributed by atoms with van der Waals surface area (Å²) in [6.45, 7) is 1.85. The Bertz CT molecular complexity index is 417. The van der Waals surface area contributed by atoms with E-state index in [-0.39, 0.29) is 11.9 Å². The minimum Gasteiger partial charge on any atom is -0.388 e.